The van der Waals surface area contributed by atoms with E-state index in [0.717, 1.165) is 6.07 Å². The van der Waals surface area contributed by atoms with Crippen LogP contribution < -0.4 is 10.2 Å². The molecule has 3 amide bonds. The van der Waals surface area contributed by atoms with Gasteiger partial charge in [-0.15, -0.1) is 0 Å². The number of nitrogens with zero attached hydrogens (tertiary/aromatic N) is 2. The third-order valence-electron chi connectivity index (χ3n) is 4.82. The molecule has 0 atom stereocenters. The van der Waals surface area contributed by atoms with E-state index in [-0.39, 0.29) is 22.5 Å². The second-order valence-corrected chi connectivity index (χ2v) is 6.84. The van der Waals surface area contributed by atoms with Crippen molar-refractivity contribution in [2.75, 3.05) is 10.2 Å². The largest absolute Gasteiger partial charge is 0.418 e. The third kappa shape index (κ3) is 3.54. The summed E-state index contributed by atoms with van der Waals surface area (Å²) in [5.41, 5.74) is -1.34. The number of aryl methyl sites for hydroxylation is 1. The first kappa shape index (κ1) is 20.3. The summed E-state index contributed by atoms with van der Waals surface area (Å²) in [5.74, 6) is -2.36. The Hall–Kier alpha value is -4.01. The molecule has 0 unspecified atom stereocenters. The fourth-order valence-corrected chi connectivity index (χ4v) is 3.40. The van der Waals surface area contributed by atoms with Crippen molar-refractivity contribution in [3.63, 3.8) is 0 Å². The van der Waals surface area contributed by atoms with Crippen LogP contribution >= 0.6 is 0 Å². The number of anilines is 2. The zero-order valence-corrected chi connectivity index (χ0v) is 16.0. The Kier molecular flexibility index (Phi) is 4.81. The zero-order chi connectivity index (χ0) is 22.3. The Morgan fingerprint density at radius 1 is 1.00 bits per heavy atom. The molecule has 1 aliphatic rings. The molecule has 0 bridgehead atoms. The quantitative estimate of drug-likeness (QED) is 0.629. The Morgan fingerprint density at radius 2 is 1.77 bits per heavy atom. The number of hydrogen-bond donors (Lipinski definition) is 1. The number of benzene rings is 2. The normalized spacial score (nSPS) is 13.4. The molecule has 2 aromatic carbocycles. The highest BCUT2D eigenvalue weighted by Gasteiger charge is 2.43. The van der Waals surface area contributed by atoms with Crippen molar-refractivity contribution < 1.29 is 27.6 Å². The average Bonchev–Trinajstić information content (AvgIpc) is 2.99. The van der Waals surface area contributed by atoms with Gasteiger partial charge in [0.05, 0.1) is 22.4 Å². The van der Waals surface area contributed by atoms with Crippen LogP contribution in [0.25, 0.3) is 0 Å². The zero-order valence-electron chi connectivity index (χ0n) is 16.0. The molecule has 3 aromatic rings. The van der Waals surface area contributed by atoms with Gasteiger partial charge in [0.25, 0.3) is 17.7 Å². The van der Waals surface area contributed by atoms with Gasteiger partial charge in [-0.1, -0.05) is 18.2 Å². The van der Waals surface area contributed by atoms with Gasteiger partial charge >= 0.3 is 6.18 Å². The van der Waals surface area contributed by atoms with Crippen molar-refractivity contribution in [1.29, 1.82) is 0 Å². The second kappa shape index (κ2) is 7.35. The third-order valence-corrected chi connectivity index (χ3v) is 4.82. The van der Waals surface area contributed by atoms with E-state index < -0.39 is 35.1 Å². The average molecular weight is 425 g/mol. The molecule has 6 nitrogen and oxygen atoms in total. The predicted molar refractivity (Wildman–Crippen MR) is 106 cm³/mol. The monoisotopic (exact) mass is 425 g/mol. The Bertz CT molecular complexity index is 1220. The first-order valence-corrected chi connectivity index (χ1v) is 9.10. The molecular weight excluding hydrogens is 411 g/mol. The van der Waals surface area contributed by atoms with Gasteiger partial charge in [-0.2, -0.15) is 13.2 Å². The number of carbonyl (C=O) groups excluding carboxylic acids is 3. The molecule has 0 saturated carbocycles. The van der Waals surface area contributed by atoms with Crippen molar-refractivity contribution in [3.05, 3.63) is 88.7 Å². The van der Waals surface area contributed by atoms with Gasteiger partial charge in [0.1, 0.15) is 5.69 Å². The lowest BCUT2D eigenvalue weighted by Crippen LogP contribution is -2.31. The molecule has 1 aromatic heterocycles. The maximum Gasteiger partial charge on any atom is 0.418 e. The van der Waals surface area contributed by atoms with Crippen LogP contribution in [-0.2, 0) is 6.18 Å². The lowest BCUT2D eigenvalue weighted by Gasteiger charge is -2.21. The topological polar surface area (TPSA) is 79.4 Å². The van der Waals surface area contributed by atoms with E-state index in [1.54, 1.807) is 31.2 Å². The molecule has 2 heterocycles. The number of fused-ring (bicyclic) bond motifs is 1. The first-order valence-electron chi connectivity index (χ1n) is 9.10. The number of carbonyl (C=O) groups is 3. The highest BCUT2D eigenvalue weighted by molar-refractivity contribution is 6.35. The van der Waals surface area contributed by atoms with Gasteiger partial charge in [0, 0.05) is 11.9 Å². The maximum absolute atomic E-state index is 13.8. The predicted octanol–water partition coefficient (Wildman–Crippen LogP) is 4.46. The van der Waals surface area contributed by atoms with Crippen molar-refractivity contribution >= 4 is 29.1 Å². The number of nitrogens with one attached hydrogen (secondary N) is 1. The Balaban J connectivity index is 1.74. The first-order chi connectivity index (χ1) is 14.7. The lowest BCUT2D eigenvalue weighted by atomic mass is 10.0. The molecular formula is C22H14F3N3O3. The summed E-state index contributed by atoms with van der Waals surface area (Å²) < 4.78 is 41.5. The van der Waals surface area contributed by atoms with Crippen LogP contribution in [0.5, 0.6) is 0 Å². The van der Waals surface area contributed by atoms with Crippen LogP contribution in [-0.4, -0.2) is 22.7 Å². The van der Waals surface area contributed by atoms with Crippen LogP contribution in [0, 0.1) is 6.92 Å². The number of halogens is 3. The number of alkyl halides is 3. The minimum atomic E-state index is -4.88. The fraction of sp³-hybridized carbons (Fsp3) is 0.0909. The van der Waals surface area contributed by atoms with E-state index in [1.807, 2.05) is 0 Å². The number of pyridine rings is 1. The number of aromatic nitrogens is 1. The van der Waals surface area contributed by atoms with Gasteiger partial charge in [-0.05, 0) is 48.9 Å². The standard InChI is InChI=1S/C22H14F3N3O3/c1-12-5-4-6-14-18(12)21(31)28(20(14)30)17-9-8-13(11-15(17)22(23,24)25)27-19(29)16-7-2-3-10-26-16/h2-11H,1H3,(H,27,29). The molecule has 1 N–H and O–H groups in total. The molecule has 1 aliphatic heterocycles. The van der Waals surface area contributed by atoms with Crippen LogP contribution in [0.3, 0.4) is 0 Å². The van der Waals surface area contributed by atoms with E-state index >= 15 is 0 Å². The summed E-state index contributed by atoms with van der Waals surface area (Å²) in [5, 5.41) is 2.35. The van der Waals surface area contributed by atoms with Gasteiger partial charge in [0.15, 0.2) is 0 Å². The summed E-state index contributed by atoms with van der Waals surface area (Å²) in [6, 6.07) is 12.0. The van der Waals surface area contributed by atoms with E-state index in [0.29, 0.717) is 16.5 Å². The van der Waals surface area contributed by atoms with E-state index in [2.05, 4.69) is 10.3 Å². The van der Waals surface area contributed by atoms with Gasteiger partial charge < -0.3 is 5.32 Å². The number of amides is 3. The highest BCUT2D eigenvalue weighted by Crippen LogP contribution is 2.41. The summed E-state index contributed by atoms with van der Waals surface area (Å²) in [7, 11) is 0. The number of hydrogen-bond acceptors (Lipinski definition) is 4. The van der Waals surface area contributed by atoms with Crippen molar-refractivity contribution in [1.82, 2.24) is 4.98 Å². The van der Waals surface area contributed by atoms with E-state index in [4.69, 9.17) is 0 Å². The van der Waals surface area contributed by atoms with E-state index in [9.17, 15) is 27.6 Å². The highest BCUT2D eigenvalue weighted by atomic mass is 19.4. The van der Waals surface area contributed by atoms with Crippen LogP contribution in [0.2, 0.25) is 0 Å². The van der Waals surface area contributed by atoms with Crippen LogP contribution in [0.4, 0.5) is 24.5 Å². The summed E-state index contributed by atoms with van der Waals surface area (Å²) in [4.78, 5) is 42.2. The lowest BCUT2D eigenvalue weighted by molar-refractivity contribution is -0.137. The number of rotatable bonds is 3. The van der Waals surface area contributed by atoms with Gasteiger partial charge in [-0.25, -0.2) is 4.90 Å². The fourth-order valence-electron chi connectivity index (χ4n) is 3.40. The molecule has 0 saturated heterocycles. The molecule has 0 aliphatic carbocycles. The van der Waals surface area contributed by atoms with Crippen LogP contribution in [0.15, 0.2) is 60.8 Å². The van der Waals surface area contributed by atoms with Gasteiger partial charge in [-0.3, -0.25) is 19.4 Å². The SMILES string of the molecule is Cc1cccc2c1C(=O)N(c1ccc(NC(=O)c3ccccn3)cc1C(F)(F)F)C2=O. The molecule has 0 spiro atoms. The molecule has 9 heteroatoms. The number of imide groups is 1. The Labute approximate surface area is 174 Å². The summed E-state index contributed by atoms with van der Waals surface area (Å²) in [6.07, 6.45) is -3.51. The minimum Gasteiger partial charge on any atom is -0.321 e. The summed E-state index contributed by atoms with van der Waals surface area (Å²) >= 11 is 0. The van der Waals surface area contributed by atoms with Crippen molar-refractivity contribution in [3.8, 4) is 0 Å². The second-order valence-electron chi connectivity index (χ2n) is 6.84. The van der Waals surface area contributed by atoms with Crippen LogP contribution in [0.1, 0.15) is 42.3 Å². The van der Waals surface area contributed by atoms with Crippen molar-refractivity contribution in [2.45, 2.75) is 13.1 Å². The molecule has 156 valence electrons. The molecule has 31 heavy (non-hydrogen) atoms. The van der Waals surface area contributed by atoms with Gasteiger partial charge in [0.2, 0.25) is 0 Å². The molecule has 4 rings (SSSR count). The minimum absolute atomic E-state index is 0.0240. The summed E-state index contributed by atoms with van der Waals surface area (Å²) in [6.45, 7) is 1.61. The van der Waals surface area contributed by atoms with E-state index in [1.165, 1.54) is 24.4 Å². The molecule has 0 fully saturated rings. The smallest absolute Gasteiger partial charge is 0.321 e. The maximum atomic E-state index is 13.8. The molecule has 0 radical (unpaired) electrons. The Morgan fingerprint density at radius 3 is 2.42 bits per heavy atom. The van der Waals surface area contributed by atoms with Crippen molar-refractivity contribution in [2.24, 2.45) is 0 Å².